The normalized spacial score (nSPS) is 14.6. The van der Waals surface area contributed by atoms with Crippen molar-refractivity contribution in [3.05, 3.63) is 35.0 Å². The maximum atomic E-state index is 9.06. The van der Waals surface area contributed by atoms with Crippen LogP contribution >= 0.6 is 0 Å². The van der Waals surface area contributed by atoms with E-state index in [0.717, 1.165) is 19.5 Å². The first-order valence-corrected chi connectivity index (χ1v) is 5.71. The molecule has 1 aliphatic rings. The highest BCUT2D eigenvalue weighted by molar-refractivity contribution is 5.85. The van der Waals surface area contributed by atoms with Gasteiger partial charge in [-0.1, -0.05) is 0 Å². The first kappa shape index (κ1) is 9.87. The van der Waals surface area contributed by atoms with Crippen molar-refractivity contribution in [2.75, 3.05) is 6.61 Å². The van der Waals surface area contributed by atoms with Crippen molar-refractivity contribution in [3.63, 3.8) is 0 Å². The predicted molar refractivity (Wildman–Crippen MR) is 64.3 cm³/mol. The van der Waals surface area contributed by atoms with Gasteiger partial charge in [-0.15, -0.1) is 0 Å². The lowest BCUT2D eigenvalue weighted by Gasteiger charge is -2.01. The molecule has 84 valence electrons. The number of aryl methyl sites for hydroxylation is 1. The van der Waals surface area contributed by atoms with E-state index in [4.69, 9.17) is 5.11 Å². The van der Waals surface area contributed by atoms with E-state index in [1.54, 1.807) is 0 Å². The van der Waals surface area contributed by atoms with E-state index in [-0.39, 0.29) is 6.61 Å². The van der Waals surface area contributed by atoms with Crippen LogP contribution in [0, 0.1) is 0 Å². The van der Waals surface area contributed by atoms with Crippen molar-refractivity contribution < 1.29 is 5.11 Å². The largest absolute Gasteiger partial charge is 0.396 e. The minimum atomic E-state index is 0.217. The zero-order valence-electron chi connectivity index (χ0n) is 9.45. The second-order valence-electron chi connectivity index (χ2n) is 4.48. The zero-order chi connectivity index (χ0) is 11.1. The lowest BCUT2D eigenvalue weighted by molar-refractivity contribution is 0.300. The number of benzene rings is 1. The summed E-state index contributed by atoms with van der Waals surface area (Å²) in [7, 11) is 2.07. The Labute approximate surface area is 94.7 Å². The van der Waals surface area contributed by atoms with Gasteiger partial charge in [-0.3, -0.25) is 0 Å². The second kappa shape index (κ2) is 3.61. The molecule has 0 amide bonds. The van der Waals surface area contributed by atoms with E-state index in [0.29, 0.717) is 0 Å². The number of hydrogen-bond acceptors (Lipinski definition) is 2. The van der Waals surface area contributed by atoms with Crippen molar-refractivity contribution >= 4 is 10.9 Å². The molecule has 1 aromatic heterocycles. The third kappa shape index (κ3) is 1.36. The molecule has 2 heterocycles. The van der Waals surface area contributed by atoms with Crippen LogP contribution in [0.1, 0.15) is 16.7 Å². The van der Waals surface area contributed by atoms with Gasteiger partial charge in [0, 0.05) is 43.8 Å². The Morgan fingerprint density at radius 1 is 1.31 bits per heavy atom. The number of aromatic nitrogens is 1. The highest BCUT2D eigenvalue weighted by atomic mass is 16.2. The van der Waals surface area contributed by atoms with Crippen molar-refractivity contribution in [2.45, 2.75) is 19.5 Å². The average Bonchev–Trinajstić information content (AvgIpc) is 2.83. The highest BCUT2D eigenvalue weighted by Crippen LogP contribution is 2.27. The average molecular weight is 216 g/mol. The molecule has 1 aromatic carbocycles. The van der Waals surface area contributed by atoms with Crippen molar-refractivity contribution in [1.82, 2.24) is 9.88 Å². The van der Waals surface area contributed by atoms with Gasteiger partial charge < -0.3 is 15.0 Å². The molecule has 2 aromatic rings. The SMILES string of the molecule is Cn1cc(CCO)c2cc3c(cc21)CNC3. The summed E-state index contributed by atoms with van der Waals surface area (Å²) in [6, 6.07) is 4.54. The maximum Gasteiger partial charge on any atom is 0.0484 e. The van der Waals surface area contributed by atoms with Gasteiger partial charge in [0.15, 0.2) is 0 Å². The highest BCUT2D eigenvalue weighted by Gasteiger charge is 2.14. The van der Waals surface area contributed by atoms with Crippen LogP contribution in [0.25, 0.3) is 10.9 Å². The van der Waals surface area contributed by atoms with E-state index in [2.05, 4.69) is 35.3 Å². The molecule has 0 saturated carbocycles. The van der Waals surface area contributed by atoms with Crippen molar-refractivity contribution in [3.8, 4) is 0 Å². The first-order valence-electron chi connectivity index (χ1n) is 5.71. The molecule has 2 N–H and O–H groups in total. The maximum absolute atomic E-state index is 9.06. The molecule has 3 rings (SSSR count). The fourth-order valence-electron chi connectivity index (χ4n) is 2.58. The smallest absolute Gasteiger partial charge is 0.0484 e. The summed E-state index contributed by atoms with van der Waals surface area (Å²) < 4.78 is 2.15. The minimum Gasteiger partial charge on any atom is -0.396 e. The van der Waals surface area contributed by atoms with Gasteiger partial charge in [-0.25, -0.2) is 0 Å². The van der Waals surface area contributed by atoms with Crippen LogP contribution in [0.2, 0.25) is 0 Å². The van der Waals surface area contributed by atoms with Gasteiger partial charge in [0.1, 0.15) is 0 Å². The summed E-state index contributed by atoms with van der Waals surface area (Å²) in [5.74, 6) is 0. The van der Waals surface area contributed by atoms with Crippen LogP contribution in [0.5, 0.6) is 0 Å². The Morgan fingerprint density at radius 3 is 2.81 bits per heavy atom. The molecular weight excluding hydrogens is 200 g/mol. The fourth-order valence-corrected chi connectivity index (χ4v) is 2.58. The summed E-state index contributed by atoms with van der Waals surface area (Å²) in [6.45, 7) is 2.17. The Morgan fingerprint density at radius 2 is 2.06 bits per heavy atom. The summed E-state index contributed by atoms with van der Waals surface area (Å²) in [5.41, 5.74) is 5.32. The van der Waals surface area contributed by atoms with Gasteiger partial charge in [0.25, 0.3) is 0 Å². The molecule has 0 bridgehead atoms. The fraction of sp³-hybridized carbons (Fsp3) is 0.385. The van der Waals surface area contributed by atoms with Crippen molar-refractivity contribution in [2.24, 2.45) is 7.05 Å². The lowest BCUT2D eigenvalue weighted by atomic mass is 10.0. The molecule has 16 heavy (non-hydrogen) atoms. The molecule has 0 unspecified atom stereocenters. The van der Waals surface area contributed by atoms with E-state index < -0.39 is 0 Å². The number of rotatable bonds is 2. The number of nitrogens with one attached hydrogen (secondary N) is 1. The molecule has 3 heteroatoms. The number of aliphatic hydroxyl groups is 1. The van der Waals surface area contributed by atoms with E-state index >= 15 is 0 Å². The molecule has 0 spiro atoms. The summed E-state index contributed by atoms with van der Waals surface area (Å²) in [6.07, 6.45) is 2.87. The van der Waals surface area contributed by atoms with E-state index in [1.165, 1.54) is 27.6 Å². The summed E-state index contributed by atoms with van der Waals surface area (Å²) in [4.78, 5) is 0. The van der Waals surface area contributed by atoms with Crippen LogP contribution in [0.3, 0.4) is 0 Å². The van der Waals surface area contributed by atoms with E-state index in [1.807, 2.05) is 0 Å². The molecular formula is C13H16N2O. The third-order valence-electron chi connectivity index (χ3n) is 3.41. The Hall–Kier alpha value is -1.32. The number of hydrogen-bond donors (Lipinski definition) is 2. The standard InChI is InChI=1S/C13H16N2O/c1-15-8-9(2-3-16)12-4-10-6-14-7-11(10)5-13(12)15/h4-5,8,14,16H,2-3,6-7H2,1H3. The number of nitrogens with zero attached hydrogens (tertiary/aromatic N) is 1. The molecule has 0 fully saturated rings. The van der Waals surface area contributed by atoms with Gasteiger partial charge in [-0.05, 0) is 35.2 Å². The second-order valence-corrected chi connectivity index (χ2v) is 4.48. The molecule has 0 saturated heterocycles. The number of aliphatic hydroxyl groups excluding tert-OH is 1. The van der Waals surface area contributed by atoms with Crippen LogP contribution in [-0.2, 0) is 26.6 Å². The zero-order valence-corrected chi connectivity index (χ0v) is 9.45. The predicted octanol–water partition coefficient (Wildman–Crippen LogP) is 1.32. The van der Waals surface area contributed by atoms with Crippen LogP contribution in [0.15, 0.2) is 18.3 Å². The topological polar surface area (TPSA) is 37.2 Å². The number of fused-ring (bicyclic) bond motifs is 2. The molecule has 0 radical (unpaired) electrons. The summed E-state index contributed by atoms with van der Waals surface area (Å²) >= 11 is 0. The first-order chi connectivity index (χ1) is 7.79. The van der Waals surface area contributed by atoms with Gasteiger partial charge >= 0.3 is 0 Å². The third-order valence-corrected chi connectivity index (χ3v) is 3.41. The monoisotopic (exact) mass is 216 g/mol. The van der Waals surface area contributed by atoms with E-state index in [9.17, 15) is 0 Å². The lowest BCUT2D eigenvalue weighted by Crippen LogP contribution is -1.99. The van der Waals surface area contributed by atoms with Crippen LogP contribution < -0.4 is 5.32 Å². The molecule has 3 nitrogen and oxygen atoms in total. The Kier molecular flexibility index (Phi) is 2.23. The molecule has 0 atom stereocenters. The van der Waals surface area contributed by atoms with Gasteiger partial charge in [-0.2, -0.15) is 0 Å². The van der Waals surface area contributed by atoms with Gasteiger partial charge in [0.2, 0.25) is 0 Å². The minimum absolute atomic E-state index is 0.217. The molecule has 1 aliphatic heterocycles. The molecule has 0 aliphatic carbocycles. The van der Waals surface area contributed by atoms with Gasteiger partial charge in [0.05, 0.1) is 0 Å². The van der Waals surface area contributed by atoms with Crippen LogP contribution in [-0.4, -0.2) is 16.3 Å². The quantitative estimate of drug-likeness (QED) is 0.794. The van der Waals surface area contributed by atoms with Crippen molar-refractivity contribution in [1.29, 1.82) is 0 Å². The van der Waals surface area contributed by atoms with Crippen LogP contribution in [0.4, 0.5) is 0 Å². The summed E-state index contributed by atoms with van der Waals surface area (Å²) in [5, 5.41) is 13.7. The Bertz CT molecular complexity index is 542. The Balaban J connectivity index is 2.24.